The Morgan fingerprint density at radius 1 is 1.16 bits per heavy atom. The van der Waals surface area contributed by atoms with Crippen molar-refractivity contribution in [2.45, 2.75) is 31.3 Å². The zero-order valence-electron chi connectivity index (χ0n) is 10.0. The largest absolute Gasteiger partial charge is 0.392 e. The summed E-state index contributed by atoms with van der Waals surface area (Å²) in [5.41, 5.74) is 0.222. The van der Waals surface area contributed by atoms with E-state index in [1.165, 1.54) is 0 Å². The van der Waals surface area contributed by atoms with Crippen LogP contribution in [0.15, 0.2) is 22.7 Å². The lowest BCUT2D eigenvalue weighted by Crippen LogP contribution is -2.11. The first-order valence-electron chi connectivity index (χ1n) is 6.11. The highest BCUT2D eigenvalue weighted by molar-refractivity contribution is 5.54. The minimum absolute atomic E-state index is 0.132. The summed E-state index contributed by atoms with van der Waals surface area (Å²) in [7, 11) is 0. The minimum Gasteiger partial charge on any atom is -0.392 e. The molecule has 2 aromatic rings. The summed E-state index contributed by atoms with van der Waals surface area (Å²) in [6.07, 6.45) is 1.90. The highest BCUT2D eigenvalue weighted by atomic mass is 19.1. The first-order chi connectivity index (χ1) is 9.13. The zero-order chi connectivity index (χ0) is 13.4. The molecule has 1 aliphatic rings. The van der Waals surface area contributed by atoms with Gasteiger partial charge >= 0.3 is 0 Å². The van der Waals surface area contributed by atoms with Gasteiger partial charge in [-0.3, -0.25) is 0 Å². The van der Waals surface area contributed by atoms with Crippen LogP contribution in [0.4, 0.5) is 8.78 Å². The second-order valence-corrected chi connectivity index (χ2v) is 4.72. The molecule has 1 aliphatic carbocycles. The van der Waals surface area contributed by atoms with Crippen LogP contribution < -0.4 is 0 Å². The second kappa shape index (κ2) is 4.70. The van der Waals surface area contributed by atoms with E-state index in [-0.39, 0.29) is 17.3 Å². The molecule has 4 nitrogen and oxygen atoms in total. The molecule has 0 spiro atoms. The van der Waals surface area contributed by atoms with Crippen molar-refractivity contribution in [3.63, 3.8) is 0 Å². The number of hydrogen-bond acceptors (Lipinski definition) is 4. The van der Waals surface area contributed by atoms with Crippen molar-refractivity contribution >= 4 is 0 Å². The average Bonchev–Trinajstić information content (AvgIpc) is 2.95. The number of aliphatic hydroxyl groups is 1. The first kappa shape index (κ1) is 12.2. The lowest BCUT2D eigenvalue weighted by atomic mass is 10.1. The average molecular weight is 266 g/mol. The Kier molecular flexibility index (Phi) is 3.02. The maximum Gasteiger partial charge on any atom is 0.232 e. The number of hydrogen-bond donors (Lipinski definition) is 1. The Labute approximate surface area is 108 Å². The van der Waals surface area contributed by atoms with Gasteiger partial charge in [-0.05, 0) is 31.4 Å². The SMILES string of the molecule is OC1CCCC1c1nc(-c2cc(F)cc(F)c2)no1. The molecular formula is C13H12F2N2O2. The first-order valence-corrected chi connectivity index (χ1v) is 6.11. The van der Waals surface area contributed by atoms with E-state index in [2.05, 4.69) is 10.1 Å². The van der Waals surface area contributed by atoms with Crippen LogP contribution in [-0.4, -0.2) is 21.4 Å². The summed E-state index contributed by atoms with van der Waals surface area (Å²) >= 11 is 0. The van der Waals surface area contributed by atoms with Crippen molar-refractivity contribution in [2.24, 2.45) is 0 Å². The van der Waals surface area contributed by atoms with E-state index in [9.17, 15) is 13.9 Å². The number of aliphatic hydroxyl groups excluding tert-OH is 1. The van der Waals surface area contributed by atoms with E-state index in [0.29, 0.717) is 12.3 Å². The summed E-state index contributed by atoms with van der Waals surface area (Å²) in [6, 6.07) is 3.07. The van der Waals surface area contributed by atoms with Gasteiger partial charge < -0.3 is 9.63 Å². The van der Waals surface area contributed by atoms with Crippen LogP contribution in [0.3, 0.4) is 0 Å². The topological polar surface area (TPSA) is 59.2 Å². The van der Waals surface area contributed by atoms with Gasteiger partial charge in [-0.2, -0.15) is 4.98 Å². The Balaban J connectivity index is 1.92. The molecule has 6 heteroatoms. The monoisotopic (exact) mass is 266 g/mol. The highest BCUT2D eigenvalue weighted by Gasteiger charge is 2.31. The van der Waals surface area contributed by atoms with Gasteiger partial charge in [0.05, 0.1) is 12.0 Å². The molecule has 0 aliphatic heterocycles. The molecule has 0 bridgehead atoms. The predicted octanol–water partition coefficient (Wildman–Crippen LogP) is 2.64. The summed E-state index contributed by atoms with van der Waals surface area (Å²) in [5, 5.41) is 13.5. The lowest BCUT2D eigenvalue weighted by molar-refractivity contribution is 0.148. The van der Waals surface area contributed by atoms with E-state index >= 15 is 0 Å². The molecule has 0 radical (unpaired) electrons. The molecule has 100 valence electrons. The van der Waals surface area contributed by atoms with Crippen LogP contribution in [0, 0.1) is 11.6 Å². The molecule has 2 unspecified atom stereocenters. The van der Waals surface area contributed by atoms with E-state index in [0.717, 1.165) is 31.0 Å². The van der Waals surface area contributed by atoms with Gasteiger partial charge in [-0.15, -0.1) is 0 Å². The van der Waals surface area contributed by atoms with Crippen LogP contribution in [0.1, 0.15) is 31.1 Å². The summed E-state index contributed by atoms with van der Waals surface area (Å²) in [5.74, 6) is -1.11. The molecule has 2 atom stereocenters. The maximum atomic E-state index is 13.1. The molecule has 19 heavy (non-hydrogen) atoms. The third-order valence-corrected chi connectivity index (χ3v) is 3.36. The molecule has 1 fully saturated rings. The maximum absolute atomic E-state index is 13.1. The Morgan fingerprint density at radius 3 is 2.53 bits per heavy atom. The number of aromatic nitrogens is 2. The summed E-state index contributed by atoms with van der Waals surface area (Å²) < 4.78 is 31.3. The van der Waals surface area contributed by atoms with Crippen molar-refractivity contribution in [1.29, 1.82) is 0 Å². The number of benzene rings is 1. The van der Waals surface area contributed by atoms with Crippen LogP contribution in [0.5, 0.6) is 0 Å². The third-order valence-electron chi connectivity index (χ3n) is 3.36. The standard InChI is InChI=1S/C13H12F2N2O2/c14-8-4-7(5-9(15)6-8)12-16-13(19-17-12)10-2-1-3-11(10)18/h4-6,10-11,18H,1-3H2. The van der Waals surface area contributed by atoms with E-state index in [4.69, 9.17) is 4.52 Å². The zero-order valence-corrected chi connectivity index (χ0v) is 10.0. The van der Waals surface area contributed by atoms with E-state index in [1.807, 2.05) is 0 Å². The minimum atomic E-state index is -0.692. The van der Waals surface area contributed by atoms with Crippen LogP contribution in [0.25, 0.3) is 11.4 Å². The van der Waals surface area contributed by atoms with Crippen LogP contribution in [0.2, 0.25) is 0 Å². The van der Waals surface area contributed by atoms with Crippen LogP contribution >= 0.6 is 0 Å². The van der Waals surface area contributed by atoms with Crippen molar-refractivity contribution in [3.05, 3.63) is 35.7 Å². The molecular weight excluding hydrogens is 254 g/mol. The molecule has 1 N–H and O–H groups in total. The summed E-state index contributed by atoms with van der Waals surface area (Å²) in [6.45, 7) is 0. The van der Waals surface area contributed by atoms with Gasteiger partial charge in [0.25, 0.3) is 0 Å². The molecule has 1 saturated carbocycles. The fraction of sp³-hybridized carbons (Fsp3) is 0.385. The number of nitrogens with zero attached hydrogens (tertiary/aromatic N) is 2. The number of halogens is 2. The van der Waals surface area contributed by atoms with Crippen molar-refractivity contribution in [3.8, 4) is 11.4 Å². The molecule has 1 heterocycles. The molecule has 0 saturated heterocycles. The van der Waals surface area contributed by atoms with Gasteiger partial charge in [-0.25, -0.2) is 8.78 Å². The van der Waals surface area contributed by atoms with Crippen LogP contribution in [-0.2, 0) is 0 Å². The Hall–Kier alpha value is -1.82. The van der Waals surface area contributed by atoms with E-state index in [1.54, 1.807) is 0 Å². The van der Waals surface area contributed by atoms with Gasteiger partial charge in [0.1, 0.15) is 11.6 Å². The number of rotatable bonds is 2. The molecule has 0 amide bonds. The lowest BCUT2D eigenvalue weighted by Gasteiger charge is -2.07. The summed E-state index contributed by atoms with van der Waals surface area (Å²) in [4.78, 5) is 4.12. The molecule has 1 aromatic heterocycles. The van der Waals surface area contributed by atoms with Crippen molar-refractivity contribution < 1.29 is 18.4 Å². The van der Waals surface area contributed by atoms with Crippen molar-refractivity contribution in [2.75, 3.05) is 0 Å². The predicted molar refractivity (Wildman–Crippen MR) is 62.2 cm³/mol. The third kappa shape index (κ3) is 2.35. The van der Waals surface area contributed by atoms with Gasteiger partial charge in [0, 0.05) is 11.6 Å². The van der Waals surface area contributed by atoms with Gasteiger partial charge in [0.15, 0.2) is 0 Å². The Bertz CT molecular complexity index is 580. The normalized spacial score (nSPS) is 22.9. The van der Waals surface area contributed by atoms with Crippen molar-refractivity contribution in [1.82, 2.24) is 10.1 Å². The quantitative estimate of drug-likeness (QED) is 0.907. The molecule has 3 rings (SSSR count). The highest BCUT2D eigenvalue weighted by Crippen LogP contribution is 2.34. The fourth-order valence-corrected chi connectivity index (χ4v) is 2.41. The van der Waals surface area contributed by atoms with Gasteiger partial charge in [0.2, 0.25) is 11.7 Å². The smallest absolute Gasteiger partial charge is 0.232 e. The fourth-order valence-electron chi connectivity index (χ4n) is 2.41. The van der Waals surface area contributed by atoms with E-state index < -0.39 is 17.7 Å². The molecule has 1 aromatic carbocycles. The Morgan fingerprint density at radius 2 is 1.89 bits per heavy atom. The van der Waals surface area contributed by atoms with Gasteiger partial charge in [-0.1, -0.05) is 5.16 Å². The second-order valence-electron chi connectivity index (χ2n) is 4.72.